The predicted octanol–water partition coefficient (Wildman–Crippen LogP) is 5.83. The zero-order chi connectivity index (χ0) is 23.1. The number of hydrogen-bond acceptors (Lipinski definition) is 4. The second-order valence-corrected chi connectivity index (χ2v) is 8.08. The first-order chi connectivity index (χ1) is 15.4. The summed E-state index contributed by atoms with van der Waals surface area (Å²) in [6.07, 6.45) is 1.78. The Bertz CT molecular complexity index is 1180. The van der Waals surface area contributed by atoms with Gasteiger partial charge in [-0.05, 0) is 83.1 Å². The number of amides is 1. The van der Waals surface area contributed by atoms with Gasteiger partial charge in [0.05, 0.1) is 22.3 Å². The fraction of sp³-hybridized carbons (Fsp3) is 0.120. The predicted molar refractivity (Wildman–Crippen MR) is 131 cm³/mol. The SMILES string of the molecule is COc1cc(/C=C(/C#N)c2ccc(C)cc2)cc(I)c1OCC(=O)Nc1ccc(F)cc1. The number of benzene rings is 3. The molecule has 1 N–H and O–H groups in total. The Labute approximate surface area is 199 Å². The number of halogens is 2. The summed E-state index contributed by atoms with van der Waals surface area (Å²) in [4.78, 5) is 12.2. The molecule has 5 nitrogen and oxygen atoms in total. The molecule has 0 aliphatic carbocycles. The van der Waals surface area contributed by atoms with E-state index in [1.807, 2.05) is 37.3 Å². The summed E-state index contributed by atoms with van der Waals surface area (Å²) >= 11 is 2.10. The fourth-order valence-electron chi connectivity index (χ4n) is 2.91. The Morgan fingerprint density at radius 1 is 1.16 bits per heavy atom. The topological polar surface area (TPSA) is 71.3 Å². The van der Waals surface area contributed by atoms with Gasteiger partial charge >= 0.3 is 0 Å². The number of carbonyl (C=O) groups excluding carboxylic acids is 1. The average molecular weight is 542 g/mol. The number of allylic oxidation sites excluding steroid dienone is 1. The lowest BCUT2D eigenvalue weighted by Crippen LogP contribution is -2.20. The summed E-state index contributed by atoms with van der Waals surface area (Å²) in [7, 11) is 1.51. The maximum atomic E-state index is 13.0. The first-order valence-corrected chi connectivity index (χ1v) is 10.7. The van der Waals surface area contributed by atoms with Gasteiger partial charge in [-0.2, -0.15) is 5.26 Å². The minimum Gasteiger partial charge on any atom is -0.493 e. The van der Waals surface area contributed by atoms with Crippen LogP contribution in [0, 0.1) is 27.6 Å². The first-order valence-electron chi connectivity index (χ1n) is 9.64. The minimum atomic E-state index is -0.385. The van der Waals surface area contributed by atoms with Gasteiger partial charge in [0.2, 0.25) is 0 Å². The quantitative estimate of drug-likeness (QED) is 0.232. The maximum Gasteiger partial charge on any atom is 0.262 e. The number of methoxy groups -OCH3 is 1. The van der Waals surface area contributed by atoms with E-state index in [0.29, 0.717) is 22.8 Å². The van der Waals surface area contributed by atoms with Crippen LogP contribution in [0.3, 0.4) is 0 Å². The molecule has 0 atom stereocenters. The molecule has 7 heteroatoms. The van der Waals surface area contributed by atoms with Crippen molar-refractivity contribution < 1.29 is 18.7 Å². The highest BCUT2D eigenvalue weighted by Crippen LogP contribution is 2.35. The van der Waals surface area contributed by atoms with E-state index in [2.05, 4.69) is 34.0 Å². The lowest BCUT2D eigenvalue weighted by molar-refractivity contribution is -0.118. The van der Waals surface area contributed by atoms with E-state index in [0.717, 1.165) is 20.3 Å². The molecule has 162 valence electrons. The van der Waals surface area contributed by atoms with Gasteiger partial charge in [0.1, 0.15) is 5.82 Å². The minimum absolute atomic E-state index is 0.244. The summed E-state index contributed by atoms with van der Waals surface area (Å²) < 4.78 is 24.9. The first kappa shape index (κ1) is 23.3. The molecule has 0 radical (unpaired) electrons. The number of hydrogen-bond donors (Lipinski definition) is 1. The van der Waals surface area contributed by atoms with E-state index in [4.69, 9.17) is 9.47 Å². The van der Waals surface area contributed by atoms with Crippen molar-refractivity contribution in [3.63, 3.8) is 0 Å². The van der Waals surface area contributed by atoms with Gasteiger partial charge in [0, 0.05) is 5.69 Å². The van der Waals surface area contributed by atoms with Gasteiger partial charge in [-0.15, -0.1) is 0 Å². The molecule has 0 saturated carbocycles. The Balaban J connectivity index is 1.77. The van der Waals surface area contributed by atoms with E-state index in [-0.39, 0.29) is 18.3 Å². The summed E-state index contributed by atoms with van der Waals surface area (Å²) in [5, 5.41) is 12.2. The van der Waals surface area contributed by atoms with Crippen molar-refractivity contribution >= 4 is 45.8 Å². The number of carbonyl (C=O) groups is 1. The summed E-state index contributed by atoms with van der Waals surface area (Å²) in [5.74, 6) is 0.103. The van der Waals surface area contributed by atoms with Crippen molar-refractivity contribution in [3.05, 3.63) is 86.7 Å². The number of nitrogens with one attached hydrogen (secondary N) is 1. The maximum absolute atomic E-state index is 13.0. The lowest BCUT2D eigenvalue weighted by atomic mass is 10.0. The number of rotatable bonds is 7. The van der Waals surface area contributed by atoms with Crippen molar-refractivity contribution in [2.24, 2.45) is 0 Å². The molecule has 0 spiro atoms. The second kappa shape index (κ2) is 10.8. The van der Waals surface area contributed by atoms with Crippen LogP contribution in [0.4, 0.5) is 10.1 Å². The molecule has 0 fully saturated rings. The Morgan fingerprint density at radius 3 is 2.47 bits per heavy atom. The van der Waals surface area contributed by atoms with Crippen molar-refractivity contribution in [2.45, 2.75) is 6.92 Å². The monoisotopic (exact) mass is 542 g/mol. The summed E-state index contributed by atoms with van der Waals surface area (Å²) in [6.45, 7) is 1.75. The number of aryl methyl sites for hydroxylation is 1. The van der Waals surface area contributed by atoms with Gasteiger partial charge < -0.3 is 14.8 Å². The van der Waals surface area contributed by atoms with Crippen LogP contribution in [0.15, 0.2) is 60.7 Å². The van der Waals surface area contributed by atoms with Crippen LogP contribution in [0.1, 0.15) is 16.7 Å². The van der Waals surface area contributed by atoms with Crippen molar-refractivity contribution in [1.82, 2.24) is 0 Å². The van der Waals surface area contributed by atoms with Gasteiger partial charge in [0.15, 0.2) is 18.1 Å². The van der Waals surface area contributed by atoms with E-state index < -0.39 is 0 Å². The molecule has 0 aromatic heterocycles. The van der Waals surface area contributed by atoms with E-state index in [1.165, 1.54) is 31.4 Å². The third kappa shape index (κ3) is 6.08. The fourth-order valence-corrected chi connectivity index (χ4v) is 3.69. The molecule has 1 amide bonds. The van der Waals surface area contributed by atoms with E-state index in [9.17, 15) is 14.4 Å². The average Bonchev–Trinajstić information content (AvgIpc) is 2.78. The van der Waals surface area contributed by atoms with E-state index >= 15 is 0 Å². The molecule has 3 aromatic carbocycles. The molecule has 32 heavy (non-hydrogen) atoms. The van der Waals surface area contributed by atoms with Crippen LogP contribution in [0.25, 0.3) is 11.6 Å². The standard InChI is InChI=1S/C25H20FIN2O3/c1-16-3-5-18(6-4-16)19(14-28)11-17-12-22(27)25(23(13-17)31-2)32-15-24(30)29-21-9-7-20(26)8-10-21/h3-13H,15H2,1-2H3,(H,29,30)/b19-11-. The normalized spacial score (nSPS) is 10.9. The Kier molecular flexibility index (Phi) is 7.84. The van der Waals surface area contributed by atoms with Gasteiger partial charge in [-0.25, -0.2) is 4.39 Å². The highest BCUT2D eigenvalue weighted by Gasteiger charge is 2.14. The van der Waals surface area contributed by atoms with Crippen molar-refractivity contribution in [2.75, 3.05) is 19.0 Å². The molecular formula is C25H20FIN2O3. The third-order valence-corrected chi connectivity index (χ3v) is 5.32. The zero-order valence-electron chi connectivity index (χ0n) is 17.5. The Morgan fingerprint density at radius 2 is 1.84 bits per heavy atom. The summed E-state index contributed by atoms with van der Waals surface area (Å²) in [6, 6.07) is 19.0. The van der Waals surface area contributed by atoms with Crippen LogP contribution >= 0.6 is 22.6 Å². The molecule has 0 unspecified atom stereocenters. The molecule has 0 aliphatic rings. The molecule has 0 heterocycles. The van der Waals surface area contributed by atoms with Crippen molar-refractivity contribution in [3.8, 4) is 17.6 Å². The molecule has 0 aliphatic heterocycles. The highest BCUT2D eigenvalue weighted by molar-refractivity contribution is 14.1. The van der Waals surface area contributed by atoms with Crippen LogP contribution in [0.5, 0.6) is 11.5 Å². The highest BCUT2D eigenvalue weighted by atomic mass is 127. The summed E-state index contributed by atoms with van der Waals surface area (Å²) in [5.41, 5.74) is 3.71. The van der Waals surface area contributed by atoms with Crippen LogP contribution in [-0.2, 0) is 4.79 Å². The van der Waals surface area contributed by atoms with Gasteiger partial charge in [-0.1, -0.05) is 29.8 Å². The number of ether oxygens (including phenoxy) is 2. The number of anilines is 1. The molecule has 0 saturated heterocycles. The van der Waals surface area contributed by atoms with Crippen LogP contribution in [0.2, 0.25) is 0 Å². The molecule has 3 rings (SSSR count). The largest absolute Gasteiger partial charge is 0.493 e. The van der Waals surface area contributed by atoms with Gasteiger partial charge in [0.25, 0.3) is 5.91 Å². The number of nitriles is 1. The van der Waals surface area contributed by atoms with Crippen LogP contribution in [-0.4, -0.2) is 19.6 Å². The smallest absolute Gasteiger partial charge is 0.262 e. The molecule has 3 aromatic rings. The van der Waals surface area contributed by atoms with Gasteiger partial charge in [-0.3, -0.25) is 4.79 Å². The zero-order valence-corrected chi connectivity index (χ0v) is 19.6. The molecular weight excluding hydrogens is 522 g/mol. The second-order valence-electron chi connectivity index (χ2n) is 6.91. The number of nitrogens with zero attached hydrogens (tertiary/aromatic N) is 1. The molecule has 0 bridgehead atoms. The van der Waals surface area contributed by atoms with Crippen molar-refractivity contribution in [1.29, 1.82) is 5.26 Å². The third-order valence-electron chi connectivity index (χ3n) is 4.52. The lowest BCUT2D eigenvalue weighted by Gasteiger charge is -2.14. The Hall–Kier alpha value is -3.38. The van der Waals surface area contributed by atoms with E-state index in [1.54, 1.807) is 12.1 Å². The van der Waals surface area contributed by atoms with Crippen LogP contribution < -0.4 is 14.8 Å².